The predicted molar refractivity (Wildman–Crippen MR) is 109 cm³/mol. The lowest BCUT2D eigenvalue weighted by Crippen LogP contribution is -2.39. The fourth-order valence-electron chi connectivity index (χ4n) is 4.90. The maximum absolute atomic E-state index is 14.8. The molecule has 29 heavy (non-hydrogen) atoms. The fourth-order valence-corrected chi connectivity index (χ4v) is 6.27. The molecule has 2 saturated carbocycles. The zero-order valence-corrected chi connectivity index (χ0v) is 18.2. The molecule has 0 spiro atoms. The number of sulfonamides is 1. The van der Waals surface area contributed by atoms with Gasteiger partial charge in [0, 0.05) is 24.2 Å². The van der Waals surface area contributed by atoms with Crippen LogP contribution < -0.4 is 4.72 Å². The lowest BCUT2D eigenvalue weighted by atomic mass is 9.87. The second-order valence-corrected chi connectivity index (χ2v) is 11.5. The van der Waals surface area contributed by atoms with Crippen molar-refractivity contribution in [1.82, 2.24) is 4.90 Å². The van der Waals surface area contributed by atoms with E-state index in [1.165, 1.54) is 12.1 Å². The number of nitrogens with one attached hydrogen (secondary N) is 1. The molecule has 0 aromatic heterocycles. The molecule has 1 aromatic carbocycles. The van der Waals surface area contributed by atoms with Crippen LogP contribution in [0.1, 0.15) is 52.5 Å². The number of fused-ring (bicyclic) bond motifs is 1. The lowest BCUT2D eigenvalue weighted by molar-refractivity contribution is 0.0260. The number of carbonyl (C=O) groups excluding carboxylic acids is 1. The summed E-state index contributed by atoms with van der Waals surface area (Å²) in [5.41, 5.74) is 0.0547. The van der Waals surface area contributed by atoms with Gasteiger partial charge in [0.25, 0.3) is 0 Å². The molecular formula is C21H29FN2O4S. The Kier molecular flexibility index (Phi) is 4.64. The van der Waals surface area contributed by atoms with Gasteiger partial charge in [-0.05, 0) is 75.6 Å². The Balaban J connectivity index is 1.53. The molecule has 8 heteroatoms. The van der Waals surface area contributed by atoms with Crippen molar-refractivity contribution in [2.45, 2.75) is 63.2 Å². The van der Waals surface area contributed by atoms with Gasteiger partial charge in [-0.25, -0.2) is 17.6 Å². The van der Waals surface area contributed by atoms with Gasteiger partial charge in [-0.2, -0.15) is 0 Å². The molecule has 1 unspecified atom stereocenters. The van der Waals surface area contributed by atoms with Crippen LogP contribution >= 0.6 is 0 Å². The van der Waals surface area contributed by atoms with Gasteiger partial charge in [-0.1, -0.05) is 6.92 Å². The molecule has 0 bridgehead atoms. The van der Waals surface area contributed by atoms with Crippen molar-refractivity contribution in [2.75, 3.05) is 17.8 Å². The summed E-state index contributed by atoms with van der Waals surface area (Å²) in [7, 11) is -3.40. The highest BCUT2D eigenvalue weighted by Gasteiger charge is 2.69. The Labute approximate surface area is 171 Å². The number of ether oxygens (including phenoxy) is 1. The van der Waals surface area contributed by atoms with E-state index >= 15 is 0 Å². The van der Waals surface area contributed by atoms with Crippen LogP contribution in [0.2, 0.25) is 0 Å². The molecule has 1 aliphatic heterocycles. The molecule has 3 atom stereocenters. The van der Waals surface area contributed by atoms with E-state index in [4.69, 9.17) is 4.74 Å². The number of benzene rings is 1. The van der Waals surface area contributed by atoms with E-state index in [1.54, 1.807) is 11.0 Å². The van der Waals surface area contributed by atoms with Gasteiger partial charge in [0.2, 0.25) is 10.0 Å². The first kappa shape index (κ1) is 20.4. The van der Waals surface area contributed by atoms with E-state index in [0.717, 1.165) is 6.42 Å². The first-order valence-electron chi connectivity index (χ1n) is 10.3. The number of carbonyl (C=O) groups is 1. The Bertz CT molecular complexity index is 924. The predicted octanol–water partition coefficient (Wildman–Crippen LogP) is 3.87. The number of amides is 1. The van der Waals surface area contributed by atoms with Gasteiger partial charge >= 0.3 is 6.09 Å². The van der Waals surface area contributed by atoms with Crippen molar-refractivity contribution in [2.24, 2.45) is 11.8 Å². The maximum atomic E-state index is 14.8. The molecular weight excluding hydrogens is 395 g/mol. The van der Waals surface area contributed by atoms with Gasteiger partial charge < -0.3 is 9.64 Å². The number of anilines is 1. The van der Waals surface area contributed by atoms with Gasteiger partial charge in [0.1, 0.15) is 11.4 Å². The van der Waals surface area contributed by atoms with E-state index in [0.29, 0.717) is 37.2 Å². The largest absolute Gasteiger partial charge is 0.444 e. The van der Waals surface area contributed by atoms with Crippen molar-refractivity contribution in [3.63, 3.8) is 0 Å². The first-order chi connectivity index (χ1) is 13.5. The molecule has 1 saturated heterocycles. The number of halogens is 1. The molecule has 1 heterocycles. The highest BCUT2D eigenvalue weighted by molar-refractivity contribution is 7.93. The van der Waals surface area contributed by atoms with Crippen molar-refractivity contribution < 1.29 is 22.3 Å². The van der Waals surface area contributed by atoms with E-state index in [1.807, 2.05) is 27.7 Å². The van der Waals surface area contributed by atoms with Gasteiger partial charge in [-0.3, -0.25) is 4.72 Å². The minimum atomic E-state index is -3.40. The topological polar surface area (TPSA) is 75.7 Å². The van der Waals surface area contributed by atoms with Crippen LogP contribution in [0.15, 0.2) is 18.2 Å². The molecule has 1 amide bonds. The summed E-state index contributed by atoms with van der Waals surface area (Å²) >= 11 is 0. The van der Waals surface area contributed by atoms with Crippen molar-refractivity contribution >= 4 is 21.8 Å². The van der Waals surface area contributed by atoms with E-state index in [-0.39, 0.29) is 34.4 Å². The quantitative estimate of drug-likeness (QED) is 0.778. The average Bonchev–Trinajstić information content (AvgIpc) is 3.51. The van der Waals surface area contributed by atoms with Crippen LogP contribution in [0, 0.1) is 17.7 Å². The fraction of sp³-hybridized carbons (Fsp3) is 0.667. The van der Waals surface area contributed by atoms with Crippen LogP contribution in [0.4, 0.5) is 14.9 Å². The SMILES string of the molecule is CCC1(c2cc(NS(=O)(=O)C3CC3)ccc2F)[C@@H]2CN(C(=O)OC(C)(C)C)C[C@@H]21. The molecule has 3 aliphatic rings. The lowest BCUT2D eigenvalue weighted by Gasteiger charge is -2.29. The minimum absolute atomic E-state index is 0.157. The number of nitrogens with zero attached hydrogens (tertiary/aromatic N) is 1. The Morgan fingerprint density at radius 3 is 2.41 bits per heavy atom. The standard InChI is InChI=1S/C21H29FN2O4S/c1-5-21(16-11-24(12-17(16)21)19(25)28-20(2,3)4)15-10-13(6-9-18(15)22)23-29(26,27)14-7-8-14/h6,9-10,14,16-17,23H,5,7-8,11-12H2,1-4H3/t16-,17+,21?. The second kappa shape index (κ2) is 6.59. The van der Waals surface area contributed by atoms with E-state index in [9.17, 15) is 17.6 Å². The molecule has 0 radical (unpaired) electrons. The summed E-state index contributed by atoms with van der Waals surface area (Å²) in [6.45, 7) is 8.59. The molecule has 2 aliphatic carbocycles. The summed E-state index contributed by atoms with van der Waals surface area (Å²) in [6.07, 6.45) is 1.75. The van der Waals surface area contributed by atoms with Crippen LogP contribution in [0.5, 0.6) is 0 Å². The summed E-state index contributed by atoms with van der Waals surface area (Å²) in [4.78, 5) is 14.1. The Morgan fingerprint density at radius 2 is 1.90 bits per heavy atom. The van der Waals surface area contributed by atoms with E-state index in [2.05, 4.69) is 4.72 Å². The molecule has 3 fully saturated rings. The number of piperidine rings is 1. The summed E-state index contributed by atoms with van der Waals surface area (Å²) in [5, 5.41) is -0.334. The van der Waals surface area contributed by atoms with Crippen LogP contribution in [-0.2, 0) is 20.2 Å². The average molecular weight is 425 g/mol. The van der Waals surface area contributed by atoms with Crippen LogP contribution in [0.25, 0.3) is 0 Å². The first-order valence-corrected chi connectivity index (χ1v) is 11.8. The maximum Gasteiger partial charge on any atom is 0.410 e. The number of rotatable bonds is 5. The number of hydrogen-bond donors (Lipinski definition) is 1. The van der Waals surface area contributed by atoms with Crippen molar-refractivity contribution in [3.05, 3.63) is 29.6 Å². The number of likely N-dealkylation sites (tertiary alicyclic amines) is 1. The van der Waals surface area contributed by atoms with Gasteiger partial charge in [0.15, 0.2) is 0 Å². The molecule has 1 aromatic rings. The highest BCUT2D eigenvalue weighted by Crippen LogP contribution is 2.66. The molecule has 6 nitrogen and oxygen atoms in total. The monoisotopic (exact) mass is 424 g/mol. The smallest absolute Gasteiger partial charge is 0.410 e. The number of hydrogen-bond acceptors (Lipinski definition) is 4. The molecule has 4 rings (SSSR count). The van der Waals surface area contributed by atoms with Gasteiger partial charge in [0.05, 0.1) is 5.25 Å². The zero-order chi connectivity index (χ0) is 21.2. The third kappa shape index (κ3) is 3.60. The molecule has 1 N–H and O–H groups in total. The Morgan fingerprint density at radius 1 is 1.28 bits per heavy atom. The van der Waals surface area contributed by atoms with Crippen LogP contribution in [-0.4, -0.2) is 43.4 Å². The summed E-state index contributed by atoms with van der Waals surface area (Å²) in [6, 6.07) is 4.47. The third-order valence-corrected chi connectivity index (χ3v) is 8.33. The minimum Gasteiger partial charge on any atom is -0.444 e. The third-order valence-electron chi connectivity index (χ3n) is 6.46. The summed E-state index contributed by atoms with van der Waals surface area (Å²) in [5.74, 6) is -0.00551. The van der Waals surface area contributed by atoms with E-state index < -0.39 is 15.6 Å². The highest BCUT2D eigenvalue weighted by atomic mass is 32.2. The Hall–Kier alpha value is -1.83. The van der Waals surface area contributed by atoms with Gasteiger partial charge in [-0.15, -0.1) is 0 Å². The van der Waals surface area contributed by atoms with Crippen molar-refractivity contribution in [3.8, 4) is 0 Å². The molecule has 160 valence electrons. The zero-order valence-electron chi connectivity index (χ0n) is 17.4. The second-order valence-electron chi connectivity index (χ2n) is 9.53. The van der Waals surface area contributed by atoms with Crippen LogP contribution in [0.3, 0.4) is 0 Å². The normalized spacial score (nSPS) is 28.8. The van der Waals surface area contributed by atoms with Crippen molar-refractivity contribution in [1.29, 1.82) is 0 Å². The summed E-state index contributed by atoms with van der Waals surface area (Å²) < 4.78 is 47.4.